The maximum Gasteiger partial charge on any atom is 0.426 e. The third kappa shape index (κ3) is 11.8. The van der Waals surface area contributed by atoms with Crippen LogP contribution in [-0.2, 0) is 32.6 Å². The number of ether oxygens (including phenoxy) is 4. The lowest BCUT2D eigenvalue weighted by Gasteiger charge is -2.32. The number of benzene rings is 1. The van der Waals surface area contributed by atoms with Crippen LogP contribution in [0.1, 0.15) is 97.1 Å². The summed E-state index contributed by atoms with van der Waals surface area (Å²) in [5.41, 5.74) is -8.77. The second-order valence-corrected chi connectivity index (χ2v) is 15.1. The molecule has 0 unspecified atom stereocenters. The van der Waals surface area contributed by atoms with Crippen LogP contribution in [0.5, 0.6) is 5.88 Å². The molecule has 1 aliphatic rings. The highest BCUT2D eigenvalue weighted by Crippen LogP contribution is 2.48. The molecule has 56 heavy (non-hydrogen) atoms. The van der Waals surface area contributed by atoms with Crippen molar-refractivity contribution in [3.63, 3.8) is 0 Å². The van der Waals surface area contributed by atoms with Gasteiger partial charge in [0.1, 0.15) is 16.8 Å². The molecule has 0 aliphatic heterocycles. The van der Waals surface area contributed by atoms with Gasteiger partial charge in [-0.3, -0.25) is 0 Å². The van der Waals surface area contributed by atoms with E-state index in [1.165, 1.54) is 47.6 Å². The second-order valence-electron chi connectivity index (χ2n) is 15.1. The van der Waals surface area contributed by atoms with Crippen molar-refractivity contribution >= 4 is 17.9 Å². The van der Waals surface area contributed by atoms with Crippen molar-refractivity contribution in [1.29, 1.82) is 0 Å². The zero-order valence-corrected chi connectivity index (χ0v) is 32.1. The molecule has 17 heteroatoms. The van der Waals surface area contributed by atoms with Gasteiger partial charge in [-0.1, -0.05) is 48.6 Å². The lowest BCUT2D eigenvalue weighted by atomic mass is 9.96. The molecule has 1 fully saturated rings. The van der Waals surface area contributed by atoms with Crippen molar-refractivity contribution in [2.45, 2.75) is 116 Å². The third-order valence-electron chi connectivity index (χ3n) is 7.98. The Labute approximate surface area is 321 Å². The Bertz CT molecular complexity index is 1820. The summed E-state index contributed by atoms with van der Waals surface area (Å²) in [6, 6.07) is 8.31. The lowest BCUT2D eigenvalue weighted by Crippen LogP contribution is -2.45. The van der Waals surface area contributed by atoms with Crippen molar-refractivity contribution in [2.24, 2.45) is 5.92 Å². The minimum atomic E-state index is -5.19. The zero-order chi connectivity index (χ0) is 41.5. The van der Waals surface area contributed by atoms with E-state index in [1.54, 1.807) is 36.4 Å². The summed E-state index contributed by atoms with van der Waals surface area (Å²) in [6.45, 7) is 11.3. The van der Waals surface area contributed by atoms with Crippen LogP contribution in [0, 0.1) is 5.92 Å². The number of halogens is 6. The van der Waals surface area contributed by atoms with E-state index < -0.39 is 89.0 Å². The number of alkyl halides is 6. The summed E-state index contributed by atoms with van der Waals surface area (Å²) in [4.78, 5) is 31.5. The molecular weight excluding hydrogens is 750 g/mol. The van der Waals surface area contributed by atoms with Crippen LogP contribution in [0.15, 0.2) is 65.6 Å². The molecule has 11 nitrogen and oxygen atoms in total. The molecule has 0 radical (unpaired) electrons. The lowest BCUT2D eigenvalue weighted by molar-refractivity contribution is -0.299. The van der Waals surface area contributed by atoms with Crippen molar-refractivity contribution in [3.05, 3.63) is 78.2 Å². The standard InChI is InChI=1S/C39H46F6N4O7/c1-8-9-21-37(39(43,44)45,53-24-26-17-12-10-13-18-26)32-48-47-31(54-32)29-28(49(33(50)55-35(2,3)4)34(51)56-36(5,6)7)23-27(38(40,41)42)30(46-29)52-22-15-11-14-16-25-19-20-25/h8,10-14,17-18,23,25H,1,9,15-16,19-22,24H2,2-7H3/t37-/m1/s1. The van der Waals surface area contributed by atoms with Gasteiger partial charge < -0.3 is 23.4 Å². The highest BCUT2D eigenvalue weighted by atomic mass is 19.4. The second kappa shape index (κ2) is 17.5. The number of rotatable bonds is 15. The summed E-state index contributed by atoms with van der Waals surface area (Å²) in [5.74, 6) is -2.50. The Morgan fingerprint density at radius 1 is 0.911 bits per heavy atom. The van der Waals surface area contributed by atoms with Gasteiger partial charge >= 0.3 is 24.5 Å². The maximum atomic E-state index is 15.2. The number of nitrogens with zero attached hydrogens (tertiary/aromatic N) is 4. The van der Waals surface area contributed by atoms with E-state index in [0.29, 0.717) is 17.5 Å². The Balaban J connectivity index is 1.94. The average molecular weight is 797 g/mol. The minimum Gasteiger partial charge on any atom is -0.477 e. The van der Waals surface area contributed by atoms with E-state index in [1.807, 2.05) is 6.08 Å². The number of carbonyl (C=O) groups excluding carboxylic acids is 2. The first-order valence-corrected chi connectivity index (χ1v) is 17.9. The predicted molar refractivity (Wildman–Crippen MR) is 192 cm³/mol. The van der Waals surface area contributed by atoms with E-state index >= 15 is 13.2 Å². The fourth-order valence-corrected chi connectivity index (χ4v) is 5.15. The summed E-state index contributed by atoms with van der Waals surface area (Å²) in [5, 5.41) is 7.41. The highest BCUT2D eigenvalue weighted by molar-refractivity contribution is 6.11. The molecule has 2 amide bonds. The van der Waals surface area contributed by atoms with Gasteiger partial charge in [-0.15, -0.1) is 16.8 Å². The van der Waals surface area contributed by atoms with Gasteiger partial charge in [0.25, 0.3) is 11.8 Å². The van der Waals surface area contributed by atoms with Crippen LogP contribution in [0.2, 0.25) is 0 Å². The van der Waals surface area contributed by atoms with Crippen molar-refractivity contribution in [2.75, 3.05) is 11.5 Å². The summed E-state index contributed by atoms with van der Waals surface area (Å²) in [7, 11) is 0. The van der Waals surface area contributed by atoms with Crippen molar-refractivity contribution in [3.8, 4) is 17.5 Å². The Morgan fingerprint density at radius 2 is 1.54 bits per heavy atom. The SMILES string of the molecule is C=CCC[C@@](OCc1ccccc1)(c1nnc(-c2nc(OCCC=CCC3CC3)c(C(F)(F)F)cc2N(C(=O)OC(C)(C)C)C(=O)OC(C)(C)C)o1)C(F)(F)F. The average Bonchev–Trinajstić information content (AvgIpc) is 3.77. The van der Waals surface area contributed by atoms with Crippen LogP contribution >= 0.6 is 0 Å². The number of carbonyl (C=O) groups is 2. The number of hydrogen-bond donors (Lipinski definition) is 0. The topological polar surface area (TPSA) is 126 Å². The van der Waals surface area contributed by atoms with Crippen LogP contribution in [-0.4, -0.2) is 51.4 Å². The van der Waals surface area contributed by atoms with E-state index in [-0.39, 0.29) is 24.3 Å². The van der Waals surface area contributed by atoms with Gasteiger partial charge in [0.05, 0.1) is 18.9 Å². The normalized spacial score (nSPS) is 15.0. The van der Waals surface area contributed by atoms with Gasteiger partial charge in [-0.05, 0) is 97.6 Å². The Kier molecular flexibility index (Phi) is 13.7. The van der Waals surface area contributed by atoms with E-state index in [4.69, 9.17) is 23.4 Å². The number of imide groups is 1. The third-order valence-corrected chi connectivity index (χ3v) is 7.98. The number of hydrogen-bond acceptors (Lipinski definition) is 10. The zero-order valence-electron chi connectivity index (χ0n) is 32.1. The molecule has 3 aromatic rings. The molecule has 0 spiro atoms. The fourth-order valence-electron chi connectivity index (χ4n) is 5.15. The van der Waals surface area contributed by atoms with Crippen molar-refractivity contribution in [1.82, 2.24) is 15.2 Å². The summed E-state index contributed by atoms with van der Waals surface area (Å²) >= 11 is 0. The van der Waals surface area contributed by atoms with Gasteiger partial charge in [0.2, 0.25) is 11.5 Å². The van der Waals surface area contributed by atoms with Gasteiger partial charge in [-0.25, -0.2) is 14.6 Å². The Hall–Kier alpha value is -4.93. The number of pyridine rings is 1. The van der Waals surface area contributed by atoms with Crippen LogP contribution in [0.25, 0.3) is 11.6 Å². The molecular formula is C39H46F6N4O7. The van der Waals surface area contributed by atoms with Gasteiger partial charge in [0, 0.05) is 0 Å². The number of anilines is 1. The molecule has 306 valence electrons. The monoisotopic (exact) mass is 796 g/mol. The fraction of sp³-hybridized carbons (Fsp3) is 0.513. The molecule has 2 heterocycles. The van der Waals surface area contributed by atoms with E-state index in [2.05, 4.69) is 21.8 Å². The highest BCUT2D eigenvalue weighted by Gasteiger charge is 2.61. The van der Waals surface area contributed by atoms with E-state index in [0.717, 1.165) is 19.3 Å². The molecule has 4 rings (SSSR count). The smallest absolute Gasteiger partial charge is 0.426 e. The van der Waals surface area contributed by atoms with Gasteiger partial charge in [-0.2, -0.15) is 31.2 Å². The summed E-state index contributed by atoms with van der Waals surface area (Å²) in [6.07, 6.45) is -6.33. The molecule has 0 bridgehead atoms. The number of amides is 2. The van der Waals surface area contributed by atoms with E-state index in [9.17, 15) is 22.8 Å². The summed E-state index contributed by atoms with van der Waals surface area (Å²) < 4.78 is 117. The van der Waals surface area contributed by atoms with Crippen LogP contribution in [0.4, 0.5) is 41.6 Å². The molecule has 1 aliphatic carbocycles. The molecule has 0 N–H and O–H groups in total. The molecule has 1 atom stereocenters. The molecule has 1 aromatic carbocycles. The first-order valence-electron chi connectivity index (χ1n) is 17.9. The van der Waals surface area contributed by atoms with Crippen molar-refractivity contribution < 1.29 is 59.3 Å². The first-order chi connectivity index (χ1) is 26.0. The first kappa shape index (κ1) is 43.8. The van der Waals surface area contributed by atoms with Crippen LogP contribution in [0.3, 0.4) is 0 Å². The quantitative estimate of drug-likeness (QED) is 0.0833. The number of aromatic nitrogens is 3. The van der Waals surface area contributed by atoms with Crippen LogP contribution < -0.4 is 9.64 Å². The predicted octanol–water partition coefficient (Wildman–Crippen LogP) is 10.9. The Morgan fingerprint density at radius 3 is 2.07 bits per heavy atom. The minimum absolute atomic E-state index is 0.128. The molecule has 0 saturated heterocycles. The number of allylic oxidation sites excluding steroid dienone is 2. The largest absolute Gasteiger partial charge is 0.477 e. The maximum absolute atomic E-state index is 15.2. The molecule has 2 aromatic heterocycles. The van der Waals surface area contributed by atoms with Gasteiger partial charge in [0.15, 0.2) is 5.69 Å². The molecule has 1 saturated carbocycles.